The molecule has 0 aromatic heterocycles. The van der Waals surface area contributed by atoms with Crippen LogP contribution in [0.2, 0.25) is 0 Å². The molecule has 17 heavy (non-hydrogen) atoms. The average Bonchev–Trinajstić information content (AvgIpc) is 2.35. The first-order chi connectivity index (χ1) is 8.11. The van der Waals surface area contributed by atoms with Gasteiger partial charge in [0, 0.05) is 28.6 Å². The molecule has 90 valence electrons. The minimum absolute atomic E-state index is 0.0284. The summed E-state index contributed by atoms with van der Waals surface area (Å²) in [6, 6.07) is 7.31. The van der Waals surface area contributed by atoms with Crippen LogP contribution in [0.25, 0.3) is 0 Å². The van der Waals surface area contributed by atoms with Crippen LogP contribution in [-0.2, 0) is 4.74 Å². The van der Waals surface area contributed by atoms with Crippen molar-refractivity contribution in [2.24, 2.45) is 10.1 Å². The van der Waals surface area contributed by atoms with Crippen molar-refractivity contribution in [2.75, 3.05) is 12.8 Å². The molecule has 0 bridgehead atoms. The summed E-state index contributed by atoms with van der Waals surface area (Å²) in [5.74, 6) is 0.342. The summed E-state index contributed by atoms with van der Waals surface area (Å²) in [7, 11) is 1.42. The van der Waals surface area contributed by atoms with E-state index in [-0.39, 0.29) is 5.90 Å². The van der Waals surface area contributed by atoms with Crippen LogP contribution in [0, 0.1) is 5.41 Å². The molecule has 0 saturated carbocycles. The maximum absolute atomic E-state index is 7.21. The van der Waals surface area contributed by atoms with Gasteiger partial charge in [-0.3, -0.25) is 5.41 Å². The van der Waals surface area contributed by atoms with E-state index in [0.29, 0.717) is 11.5 Å². The number of rotatable bonds is 4. The fourth-order valence-corrected chi connectivity index (χ4v) is 1.42. The van der Waals surface area contributed by atoms with Gasteiger partial charge in [-0.15, -0.1) is 0 Å². The lowest BCUT2D eigenvalue weighted by Crippen LogP contribution is -2.07. The first-order valence-corrected chi connectivity index (χ1v) is 5.56. The van der Waals surface area contributed by atoms with Gasteiger partial charge in [0.2, 0.25) is 5.90 Å². The van der Waals surface area contributed by atoms with E-state index in [4.69, 9.17) is 16.9 Å². The molecule has 1 aromatic carbocycles. The summed E-state index contributed by atoms with van der Waals surface area (Å²) in [6.07, 6.45) is 2.94. The molecule has 1 aromatic rings. The Bertz CT molecular complexity index is 439. The predicted octanol–water partition coefficient (Wildman–Crippen LogP) is 1.81. The fourth-order valence-electron chi connectivity index (χ4n) is 0.894. The molecule has 0 amide bonds. The number of nitrogens with one attached hydrogen (secondary N) is 1. The molecule has 1 rings (SSSR count). The molecule has 0 spiro atoms. The van der Waals surface area contributed by atoms with Crippen LogP contribution < -0.4 is 11.5 Å². The molecule has 0 atom stereocenters. The second kappa shape index (κ2) is 6.59. The second-order valence-corrected chi connectivity index (χ2v) is 3.91. The van der Waals surface area contributed by atoms with Gasteiger partial charge in [-0.1, -0.05) is 0 Å². The van der Waals surface area contributed by atoms with Gasteiger partial charge in [0.25, 0.3) is 0 Å². The lowest BCUT2D eigenvalue weighted by molar-refractivity contribution is 0.403. The third-order valence-corrected chi connectivity index (χ3v) is 2.55. The van der Waals surface area contributed by atoms with Crippen molar-refractivity contribution in [3.8, 4) is 0 Å². The topological polar surface area (TPSA) is 97.5 Å². The number of methoxy groups -OCH3 is 1. The first kappa shape index (κ1) is 13.1. The Labute approximate surface area is 104 Å². The standard InChI is InChI=1S/C11H14N4OS/c1-16-11(14)7-6-10(13)15-17-9-4-2-8(12)3-5-9/h2-7,14H,12H2,1H3,(H2,13,15)/b7-6-,14-11?. The van der Waals surface area contributed by atoms with Crippen molar-refractivity contribution in [1.82, 2.24) is 0 Å². The molecule has 0 heterocycles. The van der Waals surface area contributed by atoms with Crippen LogP contribution in [0.15, 0.2) is 45.7 Å². The second-order valence-electron chi connectivity index (χ2n) is 3.08. The molecule has 5 nitrogen and oxygen atoms in total. The normalized spacial score (nSPS) is 11.7. The van der Waals surface area contributed by atoms with Crippen LogP contribution in [0.3, 0.4) is 0 Å². The highest BCUT2D eigenvalue weighted by Crippen LogP contribution is 2.19. The number of ether oxygens (including phenoxy) is 1. The molecule has 6 heteroatoms. The van der Waals surface area contributed by atoms with Gasteiger partial charge in [0.1, 0.15) is 5.84 Å². The van der Waals surface area contributed by atoms with Crippen molar-refractivity contribution in [2.45, 2.75) is 4.90 Å². The Morgan fingerprint density at radius 3 is 2.59 bits per heavy atom. The van der Waals surface area contributed by atoms with E-state index in [1.807, 2.05) is 12.1 Å². The number of anilines is 1. The summed E-state index contributed by atoms with van der Waals surface area (Å²) in [5.41, 5.74) is 11.9. The van der Waals surface area contributed by atoms with Crippen LogP contribution in [-0.4, -0.2) is 18.8 Å². The van der Waals surface area contributed by atoms with Crippen molar-refractivity contribution in [3.63, 3.8) is 0 Å². The largest absolute Gasteiger partial charge is 0.481 e. The molecule has 0 aliphatic carbocycles. The van der Waals surface area contributed by atoms with Crippen molar-refractivity contribution in [3.05, 3.63) is 36.4 Å². The van der Waals surface area contributed by atoms with Gasteiger partial charge in [-0.05, 0) is 30.3 Å². The predicted molar refractivity (Wildman–Crippen MR) is 72.2 cm³/mol. The maximum atomic E-state index is 7.21. The summed E-state index contributed by atoms with van der Waals surface area (Å²) >= 11 is 1.24. The third kappa shape index (κ3) is 5.07. The van der Waals surface area contributed by atoms with E-state index in [0.717, 1.165) is 4.90 Å². The number of benzene rings is 1. The first-order valence-electron chi connectivity index (χ1n) is 4.78. The molecule has 0 saturated heterocycles. The fraction of sp³-hybridized carbons (Fsp3) is 0.0909. The van der Waals surface area contributed by atoms with Crippen molar-refractivity contribution < 1.29 is 4.74 Å². The molecule has 0 radical (unpaired) electrons. The smallest absolute Gasteiger partial charge is 0.205 e. The highest BCUT2D eigenvalue weighted by atomic mass is 32.2. The molecular weight excluding hydrogens is 236 g/mol. The Balaban J connectivity index is 2.56. The summed E-state index contributed by atoms with van der Waals surface area (Å²) in [5, 5.41) is 7.21. The molecule has 5 N–H and O–H groups in total. The summed E-state index contributed by atoms with van der Waals surface area (Å²) in [4.78, 5) is 0.942. The van der Waals surface area contributed by atoms with Gasteiger partial charge in [-0.25, -0.2) is 0 Å². The van der Waals surface area contributed by atoms with E-state index >= 15 is 0 Å². The van der Waals surface area contributed by atoms with Gasteiger partial charge >= 0.3 is 0 Å². The number of nitrogen functional groups attached to an aromatic ring is 1. The summed E-state index contributed by atoms with van der Waals surface area (Å²) < 4.78 is 8.70. The van der Waals surface area contributed by atoms with Crippen molar-refractivity contribution >= 4 is 29.4 Å². The highest BCUT2D eigenvalue weighted by molar-refractivity contribution is 7.98. The average molecular weight is 250 g/mol. The van der Waals surface area contributed by atoms with Crippen LogP contribution in [0.4, 0.5) is 5.69 Å². The Morgan fingerprint density at radius 1 is 1.35 bits per heavy atom. The van der Waals surface area contributed by atoms with Gasteiger partial charge in [-0.2, -0.15) is 4.40 Å². The number of hydrogen-bond donors (Lipinski definition) is 3. The zero-order chi connectivity index (χ0) is 12.7. The number of hydrogen-bond acceptors (Lipinski definition) is 5. The van der Waals surface area contributed by atoms with E-state index in [1.165, 1.54) is 31.2 Å². The number of nitrogens with zero attached hydrogens (tertiary/aromatic N) is 1. The van der Waals surface area contributed by atoms with Crippen LogP contribution in [0.5, 0.6) is 0 Å². The van der Waals surface area contributed by atoms with Gasteiger partial charge in [0.15, 0.2) is 0 Å². The maximum Gasteiger partial charge on any atom is 0.205 e. The van der Waals surface area contributed by atoms with Crippen LogP contribution in [0.1, 0.15) is 0 Å². The zero-order valence-corrected chi connectivity index (χ0v) is 10.2. The zero-order valence-electron chi connectivity index (χ0n) is 9.38. The highest BCUT2D eigenvalue weighted by Gasteiger charge is 1.93. The molecule has 0 aliphatic rings. The molecule has 0 unspecified atom stereocenters. The minimum Gasteiger partial charge on any atom is -0.481 e. The molecule has 0 aliphatic heterocycles. The van der Waals surface area contributed by atoms with E-state index in [1.54, 1.807) is 12.1 Å². The Kier molecular flexibility index (Phi) is 5.09. The van der Waals surface area contributed by atoms with E-state index in [9.17, 15) is 0 Å². The SMILES string of the molecule is COC(=N)/C=C\C(N)=N\Sc1ccc(N)cc1. The quantitative estimate of drug-likeness (QED) is 0.328. The molecule has 0 fully saturated rings. The number of nitrogens with two attached hydrogens (primary N) is 2. The monoisotopic (exact) mass is 250 g/mol. The van der Waals surface area contributed by atoms with Gasteiger partial charge < -0.3 is 16.2 Å². The lowest BCUT2D eigenvalue weighted by atomic mass is 10.3. The van der Waals surface area contributed by atoms with Gasteiger partial charge in [0.05, 0.1) is 7.11 Å². The minimum atomic E-state index is 0.0284. The Morgan fingerprint density at radius 2 is 2.00 bits per heavy atom. The van der Waals surface area contributed by atoms with E-state index in [2.05, 4.69) is 9.13 Å². The van der Waals surface area contributed by atoms with Crippen LogP contribution >= 0.6 is 11.9 Å². The third-order valence-electron chi connectivity index (χ3n) is 1.76. The molecular formula is C11H14N4OS. The van der Waals surface area contributed by atoms with E-state index < -0.39 is 0 Å². The van der Waals surface area contributed by atoms with Crippen molar-refractivity contribution in [1.29, 1.82) is 5.41 Å². The lowest BCUT2D eigenvalue weighted by Gasteiger charge is -1.97. The summed E-state index contributed by atoms with van der Waals surface area (Å²) in [6.45, 7) is 0. The number of amidine groups is 1. The Hall–Kier alpha value is -1.95.